The van der Waals surface area contributed by atoms with E-state index in [1.54, 1.807) is 44.4 Å². The largest absolute Gasteiger partial charge is 0.366 e. The summed E-state index contributed by atoms with van der Waals surface area (Å²) >= 11 is 5.97. The van der Waals surface area contributed by atoms with E-state index < -0.39 is 17.6 Å². The highest BCUT2D eigenvalue weighted by Crippen LogP contribution is 2.40. The number of nitriles is 1. The van der Waals surface area contributed by atoms with Crippen molar-refractivity contribution >= 4 is 41.2 Å². The predicted octanol–water partition coefficient (Wildman–Crippen LogP) is 2.22. The van der Waals surface area contributed by atoms with E-state index in [9.17, 15) is 14.9 Å². The first-order valence-electron chi connectivity index (χ1n) is 10.2. The van der Waals surface area contributed by atoms with E-state index >= 15 is 0 Å². The molecule has 3 aliphatic heterocycles. The first kappa shape index (κ1) is 22.0. The molecule has 0 spiro atoms. The fraction of sp³-hybridized carbons (Fsp3) is 0.409. The molecule has 0 aliphatic carbocycles. The van der Waals surface area contributed by atoms with Crippen molar-refractivity contribution in [2.75, 3.05) is 20.7 Å². The molecule has 1 unspecified atom stereocenters. The number of hydrogen-bond donors (Lipinski definition) is 1. The van der Waals surface area contributed by atoms with Crippen LogP contribution >= 0.6 is 11.6 Å². The third-order valence-corrected chi connectivity index (χ3v) is 6.10. The maximum atomic E-state index is 12.7. The maximum Gasteiger partial charge on any atom is 0.262 e. The molecule has 0 saturated carbocycles. The summed E-state index contributed by atoms with van der Waals surface area (Å²) in [5, 5.41) is 12.0. The van der Waals surface area contributed by atoms with Gasteiger partial charge >= 0.3 is 0 Å². The van der Waals surface area contributed by atoms with Crippen molar-refractivity contribution in [1.82, 2.24) is 15.3 Å². The number of nitrogens with one attached hydrogen (secondary N) is 1. The van der Waals surface area contributed by atoms with Gasteiger partial charge in [0.25, 0.3) is 11.8 Å². The van der Waals surface area contributed by atoms with Crippen molar-refractivity contribution in [3.63, 3.8) is 0 Å². The summed E-state index contributed by atoms with van der Waals surface area (Å²) in [5.74, 6) is -0.724. The molecule has 0 aromatic heterocycles. The molecular formula is C22H23ClN6O3. The molecule has 0 bridgehead atoms. The second-order valence-electron chi connectivity index (χ2n) is 8.19. The number of fused-ring (bicyclic) bond motifs is 1. The fourth-order valence-corrected chi connectivity index (χ4v) is 4.29. The molecule has 1 aromatic carbocycles. The molecule has 166 valence electrons. The summed E-state index contributed by atoms with van der Waals surface area (Å²) in [6, 6.07) is 9.20. The molecule has 1 N–H and O–H groups in total. The van der Waals surface area contributed by atoms with E-state index in [4.69, 9.17) is 16.3 Å². The SMILES string of the molecule is CN(C)C(=O)[C@@H]1CC[C@@](CC#N)(N2NC(=Nc3ccc(Cl)cc3)C3C(=O)N=CC=C32)CO1. The van der Waals surface area contributed by atoms with Gasteiger partial charge in [0.2, 0.25) is 0 Å². The lowest BCUT2D eigenvalue weighted by atomic mass is 9.85. The van der Waals surface area contributed by atoms with Crippen molar-refractivity contribution in [1.29, 1.82) is 5.26 Å². The quantitative estimate of drug-likeness (QED) is 0.746. The van der Waals surface area contributed by atoms with E-state index in [2.05, 4.69) is 21.5 Å². The predicted molar refractivity (Wildman–Crippen MR) is 119 cm³/mol. The lowest BCUT2D eigenvalue weighted by molar-refractivity contribution is -0.152. The molecule has 9 nitrogen and oxygen atoms in total. The van der Waals surface area contributed by atoms with Crippen LogP contribution in [-0.2, 0) is 14.3 Å². The van der Waals surface area contributed by atoms with E-state index in [0.29, 0.717) is 35.1 Å². The number of allylic oxidation sites excluding steroid dienone is 1. The highest BCUT2D eigenvalue weighted by Gasteiger charge is 2.51. The molecule has 2 saturated heterocycles. The molecule has 2 fully saturated rings. The molecule has 4 rings (SSSR count). The van der Waals surface area contributed by atoms with Gasteiger partial charge in [-0.3, -0.25) is 20.0 Å². The van der Waals surface area contributed by atoms with Crippen LogP contribution in [0.4, 0.5) is 5.69 Å². The van der Waals surface area contributed by atoms with E-state index in [1.807, 2.05) is 5.01 Å². The van der Waals surface area contributed by atoms with Crippen molar-refractivity contribution in [2.24, 2.45) is 15.9 Å². The highest BCUT2D eigenvalue weighted by molar-refractivity contribution is 6.30. The topological polar surface area (TPSA) is 110 Å². The van der Waals surface area contributed by atoms with Crippen LogP contribution in [0, 0.1) is 17.2 Å². The number of carbonyl (C=O) groups is 2. The summed E-state index contributed by atoms with van der Waals surface area (Å²) in [7, 11) is 3.37. The summed E-state index contributed by atoms with van der Waals surface area (Å²) in [6.07, 6.45) is 3.78. The summed E-state index contributed by atoms with van der Waals surface area (Å²) in [5.41, 5.74) is 3.78. The molecule has 1 aromatic rings. The average molecular weight is 455 g/mol. The first-order chi connectivity index (χ1) is 15.3. The number of halogens is 1. The fourth-order valence-electron chi connectivity index (χ4n) is 4.16. The van der Waals surface area contributed by atoms with Gasteiger partial charge in [-0.2, -0.15) is 5.26 Å². The molecule has 32 heavy (non-hydrogen) atoms. The minimum Gasteiger partial charge on any atom is -0.366 e. The molecule has 3 heterocycles. The Kier molecular flexibility index (Phi) is 6.00. The zero-order chi connectivity index (χ0) is 22.9. The first-order valence-corrected chi connectivity index (χ1v) is 10.6. The number of rotatable bonds is 4. The van der Waals surface area contributed by atoms with Crippen LogP contribution in [0.15, 0.2) is 46.0 Å². The van der Waals surface area contributed by atoms with Crippen LogP contribution in [0.2, 0.25) is 5.02 Å². The maximum absolute atomic E-state index is 12.7. The Morgan fingerprint density at radius 1 is 1.44 bits per heavy atom. The van der Waals surface area contributed by atoms with Gasteiger partial charge in [-0.1, -0.05) is 11.6 Å². The molecule has 2 amide bonds. The second kappa shape index (κ2) is 8.73. The number of amidine groups is 1. The third-order valence-electron chi connectivity index (χ3n) is 5.85. The van der Waals surface area contributed by atoms with Crippen molar-refractivity contribution in [3.05, 3.63) is 41.1 Å². The van der Waals surface area contributed by atoms with Crippen LogP contribution in [0.5, 0.6) is 0 Å². The van der Waals surface area contributed by atoms with Gasteiger partial charge in [-0.15, -0.1) is 0 Å². The van der Waals surface area contributed by atoms with Crippen LogP contribution in [0.25, 0.3) is 0 Å². The number of hydrazine groups is 1. The molecule has 3 atom stereocenters. The summed E-state index contributed by atoms with van der Waals surface area (Å²) in [4.78, 5) is 35.1. The number of ether oxygens (including phenoxy) is 1. The van der Waals surface area contributed by atoms with E-state index in [0.717, 1.165) is 0 Å². The van der Waals surface area contributed by atoms with Gasteiger partial charge in [0.05, 0.1) is 36.0 Å². The molecule has 0 radical (unpaired) electrons. The van der Waals surface area contributed by atoms with Crippen molar-refractivity contribution < 1.29 is 14.3 Å². The number of carbonyl (C=O) groups excluding carboxylic acids is 2. The number of nitrogens with zero attached hydrogens (tertiary/aromatic N) is 5. The lowest BCUT2D eigenvalue weighted by Gasteiger charge is -2.46. The Hall–Kier alpha value is -3.22. The van der Waals surface area contributed by atoms with Crippen LogP contribution < -0.4 is 5.43 Å². The Bertz CT molecular complexity index is 1050. The van der Waals surface area contributed by atoms with Gasteiger partial charge in [-0.25, -0.2) is 9.98 Å². The summed E-state index contributed by atoms with van der Waals surface area (Å²) in [6.45, 7) is 0.154. The number of aliphatic imine (C=N–C) groups is 2. The molecular weight excluding hydrogens is 432 g/mol. The standard InChI is InChI=1S/C22H23ClN6O3/c1-28(2)21(31)17-7-9-22(10-11-24,13-32-17)29-16-8-12-25-20(30)18(16)19(27-29)26-15-5-3-14(23)4-6-15/h3-6,8,12,17-18H,7,9-10,13H2,1-2H3,(H,26,27)/t17-,18?,22-/m0/s1. The third kappa shape index (κ3) is 3.99. The van der Waals surface area contributed by atoms with E-state index in [1.165, 1.54) is 11.1 Å². The second-order valence-corrected chi connectivity index (χ2v) is 8.63. The monoisotopic (exact) mass is 454 g/mol. The highest BCUT2D eigenvalue weighted by atomic mass is 35.5. The zero-order valence-corrected chi connectivity index (χ0v) is 18.5. The Balaban J connectivity index is 1.66. The van der Waals surface area contributed by atoms with Crippen LogP contribution in [-0.4, -0.2) is 66.1 Å². The number of likely N-dealkylation sites (N-methyl/N-ethyl adjacent to an activating group) is 1. The Morgan fingerprint density at radius 2 is 2.19 bits per heavy atom. The van der Waals surface area contributed by atoms with Crippen molar-refractivity contribution in [2.45, 2.75) is 30.9 Å². The number of amides is 2. The Labute approximate surface area is 191 Å². The normalized spacial score (nSPS) is 28.1. The number of hydrogen-bond acceptors (Lipinski definition) is 6. The number of benzene rings is 1. The zero-order valence-electron chi connectivity index (χ0n) is 17.8. The Morgan fingerprint density at radius 3 is 2.81 bits per heavy atom. The van der Waals surface area contributed by atoms with Crippen LogP contribution in [0.3, 0.4) is 0 Å². The van der Waals surface area contributed by atoms with Crippen LogP contribution in [0.1, 0.15) is 19.3 Å². The lowest BCUT2D eigenvalue weighted by Crippen LogP contribution is -2.59. The average Bonchev–Trinajstić information content (AvgIpc) is 3.16. The molecule has 3 aliphatic rings. The van der Waals surface area contributed by atoms with Crippen molar-refractivity contribution in [3.8, 4) is 6.07 Å². The molecule has 10 heteroatoms. The number of dihydropyridines is 1. The van der Waals surface area contributed by atoms with Gasteiger partial charge in [0.15, 0.2) is 0 Å². The summed E-state index contributed by atoms with van der Waals surface area (Å²) < 4.78 is 5.93. The van der Waals surface area contributed by atoms with Gasteiger partial charge in [-0.05, 0) is 43.2 Å². The van der Waals surface area contributed by atoms with Gasteiger partial charge in [0.1, 0.15) is 17.9 Å². The minimum absolute atomic E-state index is 0.105. The van der Waals surface area contributed by atoms with Gasteiger partial charge < -0.3 is 9.64 Å². The smallest absolute Gasteiger partial charge is 0.262 e. The van der Waals surface area contributed by atoms with Gasteiger partial charge in [0, 0.05) is 25.3 Å². The van der Waals surface area contributed by atoms with E-state index in [-0.39, 0.29) is 24.8 Å². The minimum atomic E-state index is -0.759.